The van der Waals surface area contributed by atoms with E-state index in [9.17, 15) is 4.79 Å². The van der Waals surface area contributed by atoms with Crippen molar-refractivity contribution in [3.8, 4) is 11.4 Å². The Morgan fingerprint density at radius 3 is 2.54 bits per heavy atom. The molecule has 0 aliphatic rings. The minimum atomic E-state index is -0.120. The van der Waals surface area contributed by atoms with Crippen LogP contribution < -0.4 is 10.1 Å². The highest BCUT2D eigenvalue weighted by molar-refractivity contribution is 7.99. The average molecular weight is 398 g/mol. The Balaban J connectivity index is 1.66. The Labute approximate surface area is 168 Å². The van der Waals surface area contributed by atoms with E-state index in [2.05, 4.69) is 15.5 Å². The fraction of sp³-hybridized carbons (Fsp3) is 0.250. The molecule has 1 heterocycles. The molecule has 0 saturated heterocycles. The number of benzene rings is 2. The van der Waals surface area contributed by atoms with Gasteiger partial charge in [0.15, 0.2) is 11.0 Å². The van der Waals surface area contributed by atoms with Crippen LogP contribution in [0.2, 0.25) is 0 Å². The van der Waals surface area contributed by atoms with E-state index >= 15 is 0 Å². The normalized spacial score (nSPS) is 10.6. The van der Waals surface area contributed by atoms with Gasteiger partial charge in [0.05, 0.1) is 12.4 Å². The third kappa shape index (κ3) is 5.11. The van der Waals surface area contributed by atoms with Gasteiger partial charge < -0.3 is 14.8 Å². The number of hydrogen-bond acceptors (Lipinski definition) is 6. The van der Waals surface area contributed by atoms with Gasteiger partial charge in [-0.3, -0.25) is 9.36 Å². The molecule has 0 fully saturated rings. The molecular formula is C20H22N4O3S. The van der Waals surface area contributed by atoms with Crippen LogP contribution in [0.15, 0.2) is 59.8 Å². The molecule has 7 nitrogen and oxygen atoms in total. The highest BCUT2D eigenvalue weighted by atomic mass is 32.2. The summed E-state index contributed by atoms with van der Waals surface area (Å²) in [6.45, 7) is 2.87. The van der Waals surface area contributed by atoms with E-state index in [0.29, 0.717) is 24.2 Å². The third-order valence-corrected chi connectivity index (χ3v) is 4.70. The van der Waals surface area contributed by atoms with Gasteiger partial charge in [0, 0.05) is 18.5 Å². The number of nitrogens with zero attached hydrogens (tertiary/aromatic N) is 3. The predicted molar refractivity (Wildman–Crippen MR) is 109 cm³/mol. The van der Waals surface area contributed by atoms with Crippen LogP contribution >= 0.6 is 11.8 Å². The lowest BCUT2D eigenvalue weighted by molar-refractivity contribution is -0.113. The predicted octanol–water partition coefficient (Wildman–Crippen LogP) is 3.54. The first-order valence-corrected chi connectivity index (χ1v) is 9.84. The van der Waals surface area contributed by atoms with Crippen LogP contribution in [0.1, 0.15) is 12.7 Å². The molecule has 8 heteroatoms. The SMILES string of the molecule is CCOc1ccc(NC(=O)CSc2nnc(COC)n2-c2ccccc2)cc1. The smallest absolute Gasteiger partial charge is 0.234 e. The molecule has 1 amide bonds. The monoisotopic (exact) mass is 398 g/mol. The van der Waals surface area contributed by atoms with Crippen molar-refractivity contribution >= 4 is 23.4 Å². The number of carbonyl (C=O) groups is 1. The summed E-state index contributed by atoms with van der Waals surface area (Å²) >= 11 is 1.32. The van der Waals surface area contributed by atoms with Gasteiger partial charge >= 0.3 is 0 Å². The molecule has 2 aromatic carbocycles. The molecule has 0 radical (unpaired) electrons. The van der Waals surface area contributed by atoms with Crippen molar-refractivity contribution in [3.63, 3.8) is 0 Å². The number of aromatic nitrogens is 3. The molecular weight excluding hydrogens is 376 g/mol. The van der Waals surface area contributed by atoms with Crippen LogP contribution in [0.3, 0.4) is 0 Å². The van der Waals surface area contributed by atoms with Crippen LogP contribution in [0.25, 0.3) is 5.69 Å². The number of hydrogen-bond donors (Lipinski definition) is 1. The van der Waals surface area contributed by atoms with E-state index in [1.54, 1.807) is 7.11 Å². The van der Waals surface area contributed by atoms with Crippen molar-refractivity contribution in [1.29, 1.82) is 0 Å². The number of thioether (sulfide) groups is 1. The van der Waals surface area contributed by atoms with E-state index < -0.39 is 0 Å². The Morgan fingerprint density at radius 1 is 1.11 bits per heavy atom. The van der Waals surface area contributed by atoms with Gasteiger partial charge in [-0.05, 0) is 43.3 Å². The first-order valence-electron chi connectivity index (χ1n) is 8.85. The number of carbonyl (C=O) groups excluding carboxylic acids is 1. The molecule has 28 heavy (non-hydrogen) atoms. The fourth-order valence-electron chi connectivity index (χ4n) is 2.58. The maximum Gasteiger partial charge on any atom is 0.234 e. The molecule has 0 spiro atoms. The van der Waals surface area contributed by atoms with E-state index in [1.165, 1.54) is 11.8 Å². The molecule has 0 aliphatic carbocycles. The molecule has 146 valence electrons. The van der Waals surface area contributed by atoms with Crippen molar-refractivity contribution in [2.45, 2.75) is 18.7 Å². The van der Waals surface area contributed by atoms with E-state index in [0.717, 1.165) is 17.1 Å². The summed E-state index contributed by atoms with van der Waals surface area (Å²) in [6, 6.07) is 17.1. The molecule has 1 aromatic heterocycles. The van der Waals surface area contributed by atoms with Gasteiger partial charge in [0.25, 0.3) is 0 Å². The first-order chi connectivity index (χ1) is 13.7. The van der Waals surface area contributed by atoms with E-state index in [1.807, 2.05) is 66.1 Å². The van der Waals surface area contributed by atoms with E-state index in [4.69, 9.17) is 9.47 Å². The summed E-state index contributed by atoms with van der Waals surface area (Å²) in [5.41, 5.74) is 1.65. The number of para-hydroxylation sites is 1. The standard InChI is InChI=1S/C20H22N4O3S/c1-3-27-17-11-9-15(10-12-17)21-19(25)14-28-20-23-22-18(13-26-2)24(20)16-7-5-4-6-8-16/h4-12H,3,13-14H2,1-2H3,(H,21,25). The van der Waals surface area contributed by atoms with Gasteiger partial charge in [-0.2, -0.15) is 0 Å². The minimum Gasteiger partial charge on any atom is -0.494 e. The second-order valence-corrected chi connectivity index (χ2v) is 6.74. The summed E-state index contributed by atoms with van der Waals surface area (Å²) in [5.74, 6) is 1.55. The number of ether oxygens (including phenoxy) is 2. The Kier molecular flexibility index (Phi) is 7.05. The number of rotatable bonds is 9. The van der Waals surface area contributed by atoms with Gasteiger partial charge in [0.2, 0.25) is 5.91 Å². The third-order valence-electron chi connectivity index (χ3n) is 3.77. The maximum atomic E-state index is 12.3. The maximum absolute atomic E-state index is 12.3. The van der Waals surface area contributed by atoms with Crippen LogP contribution in [-0.2, 0) is 16.1 Å². The molecule has 0 unspecified atom stereocenters. The van der Waals surface area contributed by atoms with Crippen molar-refractivity contribution < 1.29 is 14.3 Å². The quantitative estimate of drug-likeness (QED) is 0.556. The highest BCUT2D eigenvalue weighted by Crippen LogP contribution is 2.23. The topological polar surface area (TPSA) is 78.3 Å². The summed E-state index contributed by atoms with van der Waals surface area (Å²) in [5, 5.41) is 11.9. The van der Waals surface area contributed by atoms with Gasteiger partial charge in [0.1, 0.15) is 12.4 Å². The van der Waals surface area contributed by atoms with Crippen molar-refractivity contribution in [2.75, 3.05) is 24.8 Å². The first kappa shape index (κ1) is 19.9. The Bertz CT molecular complexity index is 898. The molecule has 0 saturated carbocycles. The number of nitrogens with one attached hydrogen (secondary N) is 1. The van der Waals surface area contributed by atoms with Crippen molar-refractivity contribution in [3.05, 3.63) is 60.4 Å². The summed E-state index contributed by atoms with van der Waals surface area (Å²) in [7, 11) is 1.61. The lowest BCUT2D eigenvalue weighted by atomic mass is 10.3. The molecule has 0 bridgehead atoms. The largest absolute Gasteiger partial charge is 0.494 e. The second kappa shape index (κ2) is 9.91. The fourth-order valence-corrected chi connectivity index (χ4v) is 3.35. The molecule has 3 rings (SSSR count). The highest BCUT2D eigenvalue weighted by Gasteiger charge is 2.15. The van der Waals surface area contributed by atoms with Crippen molar-refractivity contribution in [1.82, 2.24) is 14.8 Å². The van der Waals surface area contributed by atoms with Gasteiger partial charge in [-0.15, -0.1) is 10.2 Å². The van der Waals surface area contributed by atoms with Crippen LogP contribution in [0.4, 0.5) is 5.69 Å². The Morgan fingerprint density at radius 2 is 1.86 bits per heavy atom. The van der Waals surface area contributed by atoms with Crippen LogP contribution in [-0.4, -0.2) is 40.1 Å². The zero-order chi connectivity index (χ0) is 19.8. The van der Waals surface area contributed by atoms with E-state index in [-0.39, 0.29) is 11.7 Å². The molecule has 3 aromatic rings. The zero-order valence-electron chi connectivity index (χ0n) is 15.8. The Hall–Kier alpha value is -2.84. The second-order valence-electron chi connectivity index (χ2n) is 5.80. The van der Waals surface area contributed by atoms with Gasteiger partial charge in [-0.1, -0.05) is 30.0 Å². The summed E-state index contributed by atoms with van der Waals surface area (Å²) < 4.78 is 12.5. The number of methoxy groups -OCH3 is 1. The lowest BCUT2D eigenvalue weighted by Gasteiger charge is -2.10. The summed E-state index contributed by atoms with van der Waals surface area (Å²) in [6.07, 6.45) is 0. The zero-order valence-corrected chi connectivity index (χ0v) is 16.6. The van der Waals surface area contributed by atoms with Gasteiger partial charge in [-0.25, -0.2) is 0 Å². The minimum absolute atomic E-state index is 0.120. The van der Waals surface area contributed by atoms with Crippen LogP contribution in [0, 0.1) is 0 Å². The summed E-state index contributed by atoms with van der Waals surface area (Å²) in [4.78, 5) is 12.3. The average Bonchev–Trinajstić information content (AvgIpc) is 3.12. The lowest BCUT2D eigenvalue weighted by Crippen LogP contribution is -2.14. The van der Waals surface area contributed by atoms with Crippen molar-refractivity contribution in [2.24, 2.45) is 0 Å². The molecule has 0 atom stereocenters. The molecule has 1 N–H and O–H groups in total. The number of amides is 1. The number of anilines is 1. The van der Waals surface area contributed by atoms with Crippen LogP contribution in [0.5, 0.6) is 5.75 Å². The molecule has 0 aliphatic heterocycles.